The molecule has 4 nitrogen and oxygen atoms in total. The lowest BCUT2D eigenvalue weighted by Gasteiger charge is -2.07. The number of carbonyl (C=O) groups is 2. The molecule has 0 fully saturated rings. The van der Waals surface area contributed by atoms with Gasteiger partial charge < -0.3 is 10.1 Å². The van der Waals surface area contributed by atoms with Gasteiger partial charge in [0, 0.05) is 17.3 Å². The number of ketones is 1. The number of Topliss-reactive ketones (excluding diaryl/α,β-unsaturated/α-hetero) is 1. The van der Waals surface area contributed by atoms with E-state index in [2.05, 4.69) is 5.32 Å². The lowest BCUT2D eigenvalue weighted by Crippen LogP contribution is -2.07. The molecule has 0 radical (unpaired) electrons. The van der Waals surface area contributed by atoms with Gasteiger partial charge in [0.15, 0.2) is 5.78 Å². The maximum absolute atomic E-state index is 12.1. The van der Waals surface area contributed by atoms with E-state index < -0.39 is 0 Å². The highest BCUT2D eigenvalue weighted by molar-refractivity contribution is 6.02. The summed E-state index contributed by atoms with van der Waals surface area (Å²) in [7, 11) is 0. The average molecular weight is 371 g/mol. The Kier molecular flexibility index (Phi) is 6.37. The molecule has 0 aromatic heterocycles. The summed E-state index contributed by atoms with van der Waals surface area (Å²) in [6, 6.07) is 24.3. The van der Waals surface area contributed by atoms with Gasteiger partial charge in [0.05, 0.1) is 0 Å². The molecular formula is C24H21NO3. The van der Waals surface area contributed by atoms with E-state index in [0.717, 1.165) is 16.9 Å². The topological polar surface area (TPSA) is 55.4 Å². The van der Waals surface area contributed by atoms with E-state index in [9.17, 15) is 9.59 Å². The molecule has 3 aromatic carbocycles. The van der Waals surface area contributed by atoms with Gasteiger partial charge in [-0.2, -0.15) is 0 Å². The largest absolute Gasteiger partial charge is 0.489 e. The van der Waals surface area contributed by atoms with Crippen molar-refractivity contribution in [2.75, 3.05) is 5.32 Å². The average Bonchev–Trinajstić information content (AvgIpc) is 2.72. The Morgan fingerprint density at radius 1 is 0.929 bits per heavy atom. The molecule has 3 rings (SSSR count). The normalized spacial score (nSPS) is 10.6. The van der Waals surface area contributed by atoms with Crippen molar-refractivity contribution in [1.82, 2.24) is 0 Å². The second-order valence-corrected chi connectivity index (χ2v) is 6.30. The van der Waals surface area contributed by atoms with Crippen LogP contribution in [0.3, 0.4) is 0 Å². The summed E-state index contributed by atoms with van der Waals surface area (Å²) in [6.45, 7) is 2.00. The van der Waals surface area contributed by atoms with Gasteiger partial charge in [-0.1, -0.05) is 42.5 Å². The summed E-state index contributed by atoms with van der Waals surface area (Å²) in [6.07, 6.45) is 3.20. The van der Waals surface area contributed by atoms with E-state index in [0.29, 0.717) is 17.9 Å². The van der Waals surface area contributed by atoms with E-state index in [4.69, 9.17) is 4.74 Å². The first-order valence-electron chi connectivity index (χ1n) is 8.97. The van der Waals surface area contributed by atoms with Gasteiger partial charge in [-0.25, -0.2) is 0 Å². The summed E-state index contributed by atoms with van der Waals surface area (Å²) >= 11 is 0. The van der Waals surface area contributed by atoms with Crippen LogP contribution < -0.4 is 10.1 Å². The van der Waals surface area contributed by atoms with Crippen molar-refractivity contribution < 1.29 is 14.3 Å². The maximum atomic E-state index is 12.1. The molecule has 0 spiro atoms. The molecule has 1 N–H and O–H groups in total. The zero-order chi connectivity index (χ0) is 19.8. The second-order valence-electron chi connectivity index (χ2n) is 6.30. The molecule has 0 atom stereocenters. The van der Waals surface area contributed by atoms with Gasteiger partial charge in [-0.15, -0.1) is 0 Å². The van der Waals surface area contributed by atoms with Crippen molar-refractivity contribution in [3.05, 3.63) is 102 Å². The molecule has 0 aliphatic carbocycles. The number of carbonyl (C=O) groups excluding carboxylic acids is 2. The molecule has 0 bridgehead atoms. The molecule has 0 saturated carbocycles. The SMILES string of the molecule is CC(=O)c1ccc(NC(=O)/C=C/c2cccc(OCc3ccccc3)c2)cc1. The van der Waals surface area contributed by atoms with E-state index >= 15 is 0 Å². The van der Waals surface area contributed by atoms with Crippen molar-refractivity contribution in [2.45, 2.75) is 13.5 Å². The predicted molar refractivity (Wildman–Crippen MR) is 111 cm³/mol. The molecule has 0 aliphatic rings. The van der Waals surface area contributed by atoms with E-state index in [-0.39, 0.29) is 11.7 Å². The van der Waals surface area contributed by atoms with Crippen LogP contribution >= 0.6 is 0 Å². The summed E-state index contributed by atoms with van der Waals surface area (Å²) in [5.41, 5.74) is 3.21. The highest BCUT2D eigenvalue weighted by atomic mass is 16.5. The van der Waals surface area contributed by atoms with Crippen LogP contribution in [0.25, 0.3) is 6.08 Å². The third-order valence-electron chi connectivity index (χ3n) is 4.09. The molecule has 0 saturated heterocycles. The summed E-state index contributed by atoms with van der Waals surface area (Å²) in [5.74, 6) is 0.490. The summed E-state index contributed by atoms with van der Waals surface area (Å²) in [4.78, 5) is 23.4. The van der Waals surface area contributed by atoms with Crippen molar-refractivity contribution in [1.29, 1.82) is 0 Å². The van der Waals surface area contributed by atoms with Crippen molar-refractivity contribution in [2.24, 2.45) is 0 Å². The minimum Gasteiger partial charge on any atom is -0.489 e. The van der Waals surface area contributed by atoms with Crippen LogP contribution in [0.5, 0.6) is 5.75 Å². The smallest absolute Gasteiger partial charge is 0.248 e. The van der Waals surface area contributed by atoms with Gasteiger partial charge in [-0.3, -0.25) is 9.59 Å². The molecule has 28 heavy (non-hydrogen) atoms. The first-order chi connectivity index (χ1) is 13.6. The van der Waals surface area contributed by atoms with Crippen LogP contribution in [0.4, 0.5) is 5.69 Å². The van der Waals surface area contributed by atoms with Crippen molar-refractivity contribution in [3.8, 4) is 5.75 Å². The van der Waals surface area contributed by atoms with Gasteiger partial charge in [0.25, 0.3) is 0 Å². The van der Waals surface area contributed by atoms with Gasteiger partial charge in [0.1, 0.15) is 12.4 Å². The quantitative estimate of drug-likeness (QED) is 0.463. The fraction of sp³-hybridized carbons (Fsp3) is 0.0833. The molecule has 140 valence electrons. The molecule has 4 heteroatoms. The van der Waals surface area contributed by atoms with Crippen LogP contribution in [0.1, 0.15) is 28.4 Å². The minimum atomic E-state index is -0.244. The van der Waals surface area contributed by atoms with Crippen LogP contribution in [0.2, 0.25) is 0 Å². The first-order valence-corrected chi connectivity index (χ1v) is 8.97. The lowest BCUT2D eigenvalue weighted by molar-refractivity contribution is -0.111. The molecule has 3 aromatic rings. The number of benzene rings is 3. The Morgan fingerprint density at radius 2 is 1.68 bits per heavy atom. The van der Waals surface area contributed by atoms with Crippen molar-refractivity contribution in [3.63, 3.8) is 0 Å². The number of ether oxygens (including phenoxy) is 1. The van der Waals surface area contributed by atoms with Gasteiger partial charge >= 0.3 is 0 Å². The van der Waals surface area contributed by atoms with Crippen LogP contribution in [-0.2, 0) is 11.4 Å². The zero-order valence-electron chi connectivity index (χ0n) is 15.6. The number of hydrogen-bond donors (Lipinski definition) is 1. The third-order valence-corrected chi connectivity index (χ3v) is 4.09. The fourth-order valence-corrected chi connectivity index (χ4v) is 2.59. The molecule has 0 unspecified atom stereocenters. The standard InChI is InChI=1S/C24H21NO3/c1-18(26)21-11-13-22(14-12-21)25-24(27)15-10-19-8-5-9-23(16-19)28-17-20-6-3-2-4-7-20/h2-16H,17H2,1H3,(H,25,27)/b15-10+. The number of anilines is 1. The Balaban J connectivity index is 1.57. The van der Waals surface area contributed by atoms with E-state index in [1.165, 1.54) is 13.0 Å². The monoisotopic (exact) mass is 371 g/mol. The molecule has 1 amide bonds. The Bertz CT molecular complexity index is 976. The number of rotatable bonds is 7. The Labute approximate surface area is 164 Å². The van der Waals surface area contributed by atoms with Crippen LogP contribution in [0, 0.1) is 0 Å². The van der Waals surface area contributed by atoms with E-state index in [1.54, 1.807) is 30.3 Å². The minimum absolute atomic E-state index is 0.00728. The number of nitrogens with one attached hydrogen (secondary N) is 1. The summed E-state index contributed by atoms with van der Waals surface area (Å²) < 4.78 is 5.80. The van der Waals surface area contributed by atoms with Crippen molar-refractivity contribution >= 4 is 23.5 Å². The summed E-state index contributed by atoms with van der Waals surface area (Å²) in [5, 5.41) is 2.77. The van der Waals surface area contributed by atoms with E-state index in [1.807, 2.05) is 54.6 Å². The zero-order valence-corrected chi connectivity index (χ0v) is 15.6. The highest BCUT2D eigenvalue weighted by Gasteiger charge is 2.02. The molecular weight excluding hydrogens is 350 g/mol. The molecule has 0 heterocycles. The molecule has 0 aliphatic heterocycles. The highest BCUT2D eigenvalue weighted by Crippen LogP contribution is 2.16. The Hall–Kier alpha value is -3.66. The fourth-order valence-electron chi connectivity index (χ4n) is 2.59. The van der Waals surface area contributed by atoms with Crippen LogP contribution in [0.15, 0.2) is 84.9 Å². The Morgan fingerprint density at radius 3 is 2.39 bits per heavy atom. The number of hydrogen-bond acceptors (Lipinski definition) is 3. The maximum Gasteiger partial charge on any atom is 0.248 e. The number of amides is 1. The lowest BCUT2D eigenvalue weighted by atomic mass is 10.1. The second kappa shape index (κ2) is 9.33. The predicted octanol–water partition coefficient (Wildman–Crippen LogP) is 5.12. The first kappa shape index (κ1) is 19.1. The van der Waals surface area contributed by atoms with Gasteiger partial charge in [-0.05, 0) is 60.5 Å². The van der Waals surface area contributed by atoms with Crippen LogP contribution in [-0.4, -0.2) is 11.7 Å². The third kappa shape index (κ3) is 5.68. The van der Waals surface area contributed by atoms with Gasteiger partial charge in [0.2, 0.25) is 5.91 Å².